The summed E-state index contributed by atoms with van der Waals surface area (Å²) in [5, 5.41) is 0.430. The van der Waals surface area contributed by atoms with Crippen molar-refractivity contribution in [2.24, 2.45) is 0 Å². The average Bonchev–Trinajstić information content (AvgIpc) is 2.85. The third kappa shape index (κ3) is 3.00. The van der Waals surface area contributed by atoms with E-state index in [0.717, 1.165) is 22.8 Å². The summed E-state index contributed by atoms with van der Waals surface area (Å²) in [7, 11) is 0. The fourth-order valence-electron chi connectivity index (χ4n) is 1.94. The largest absolute Gasteiger partial charge is 0.454 e. The van der Waals surface area contributed by atoms with Crippen LogP contribution in [0.5, 0.6) is 11.5 Å². The molecular weight excluding hydrogens is 280 g/mol. The SMILES string of the molecule is Cc1cc(Cl)nc(COCc2ccc3c(c2)OCO3)n1. The Morgan fingerprint density at radius 3 is 2.85 bits per heavy atom. The minimum atomic E-state index is 0.273. The van der Waals surface area contributed by atoms with Gasteiger partial charge in [0.15, 0.2) is 17.3 Å². The Bertz CT molecular complexity index is 614. The summed E-state index contributed by atoms with van der Waals surface area (Å²) in [6.45, 7) is 2.91. The molecule has 0 amide bonds. The van der Waals surface area contributed by atoms with Gasteiger partial charge in [-0.15, -0.1) is 0 Å². The van der Waals surface area contributed by atoms with E-state index < -0.39 is 0 Å². The van der Waals surface area contributed by atoms with Crippen LogP contribution in [-0.2, 0) is 18.0 Å². The van der Waals surface area contributed by atoms with Crippen LogP contribution in [0.15, 0.2) is 24.3 Å². The van der Waals surface area contributed by atoms with Crippen molar-refractivity contribution in [3.8, 4) is 11.5 Å². The molecule has 3 rings (SSSR count). The summed E-state index contributed by atoms with van der Waals surface area (Å²) in [5.41, 5.74) is 1.83. The molecule has 2 aromatic rings. The maximum absolute atomic E-state index is 5.87. The van der Waals surface area contributed by atoms with Crippen LogP contribution in [0.25, 0.3) is 0 Å². The molecule has 0 saturated heterocycles. The molecule has 0 atom stereocenters. The number of ether oxygens (including phenoxy) is 3. The van der Waals surface area contributed by atoms with E-state index in [-0.39, 0.29) is 6.79 Å². The molecule has 0 bridgehead atoms. The fraction of sp³-hybridized carbons (Fsp3) is 0.286. The first-order valence-electron chi connectivity index (χ1n) is 6.17. The predicted molar refractivity (Wildman–Crippen MR) is 72.8 cm³/mol. The van der Waals surface area contributed by atoms with E-state index in [9.17, 15) is 0 Å². The summed E-state index contributed by atoms with van der Waals surface area (Å²) in [5.74, 6) is 2.10. The van der Waals surface area contributed by atoms with E-state index in [1.165, 1.54) is 0 Å². The summed E-state index contributed by atoms with van der Waals surface area (Å²) < 4.78 is 16.2. The van der Waals surface area contributed by atoms with Crippen LogP contribution in [0.1, 0.15) is 17.1 Å². The Labute approximate surface area is 121 Å². The van der Waals surface area contributed by atoms with Crippen LogP contribution < -0.4 is 9.47 Å². The van der Waals surface area contributed by atoms with Crippen LogP contribution in [0.3, 0.4) is 0 Å². The van der Waals surface area contributed by atoms with Gasteiger partial charge in [0, 0.05) is 5.69 Å². The first-order chi connectivity index (χ1) is 9.70. The van der Waals surface area contributed by atoms with Gasteiger partial charge in [-0.25, -0.2) is 9.97 Å². The Kier molecular flexibility index (Phi) is 3.71. The van der Waals surface area contributed by atoms with Crippen molar-refractivity contribution < 1.29 is 14.2 Å². The molecule has 5 nitrogen and oxygen atoms in total. The zero-order valence-electron chi connectivity index (χ0n) is 10.9. The molecule has 0 fully saturated rings. The lowest BCUT2D eigenvalue weighted by molar-refractivity contribution is 0.101. The molecule has 104 valence electrons. The highest BCUT2D eigenvalue weighted by atomic mass is 35.5. The molecule has 1 aliphatic rings. The molecule has 0 saturated carbocycles. The normalized spacial score (nSPS) is 12.7. The summed E-state index contributed by atoms with van der Waals surface area (Å²) in [6.07, 6.45) is 0. The van der Waals surface area contributed by atoms with E-state index in [2.05, 4.69) is 9.97 Å². The maximum Gasteiger partial charge on any atom is 0.231 e. The number of benzene rings is 1. The number of halogens is 1. The minimum Gasteiger partial charge on any atom is -0.454 e. The van der Waals surface area contributed by atoms with Crippen LogP contribution in [0.4, 0.5) is 0 Å². The first-order valence-corrected chi connectivity index (χ1v) is 6.55. The molecule has 0 unspecified atom stereocenters. The second-order valence-corrected chi connectivity index (χ2v) is 4.82. The van der Waals surface area contributed by atoms with Crippen molar-refractivity contribution in [2.45, 2.75) is 20.1 Å². The number of rotatable bonds is 4. The topological polar surface area (TPSA) is 53.5 Å². The zero-order valence-corrected chi connectivity index (χ0v) is 11.7. The van der Waals surface area contributed by atoms with Crippen molar-refractivity contribution in [1.82, 2.24) is 9.97 Å². The lowest BCUT2D eigenvalue weighted by Gasteiger charge is -2.05. The zero-order chi connectivity index (χ0) is 13.9. The minimum absolute atomic E-state index is 0.273. The third-order valence-electron chi connectivity index (χ3n) is 2.81. The van der Waals surface area contributed by atoms with Gasteiger partial charge >= 0.3 is 0 Å². The van der Waals surface area contributed by atoms with Gasteiger partial charge in [-0.1, -0.05) is 17.7 Å². The smallest absolute Gasteiger partial charge is 0.231 e. The second-order valence-electron chi connectivity index (χ2n) is 4.43. The van der Waals surface area contributed by atoms with Gasteiger partial charge in [-0.2, -0.15) is 0 Å². The van der Waals surface area contributed by atoms with Crippen molar-refractivity contribution in [3.05, 3.63) is 46.5 Å². The van der Waals surface area contributed by atoms with Crippen molar-refractivity contribution >= 4 is 11.6 Å². The fourth-order valence-corrected chi connectivity index (χ4v) is 2.20. The number of aryl methyl sites for hydroxylation is 1. The standard InChI is InChI=1S/C14H13ClN2O3/c1-9-4-13(15)17-14(16-9)7-18-6-10-2-3-11-12(5-10)20-8-19-11/h2-5H,6-8H2,1H3. The summed E-state index contributed by atoms with van der Waals surface area (Å²) >= 11 is 5.87. The Morgan fingerprint density at radius 1 is 1.15 bits per heavy atom. The molecule has 6 heteroatoms. The van der Waals surface area contributed by atoms with Gasteiger partial charge in [0.2, 0.25) is 6.79 Å². The lowest BCUT2D eigenvalue weighted by atomic mass is 10.2. The van der Waals surface area contributed by atoms with E-state index in [1.54, 1.807) is 6.07 Å². The number of hydrogen-bond donors (Lipinski definition) is 0. The highest BCUT2D eigenvalue weighted by Gasteiger charge is 2.13. The van der Waals surface area contributed by atoms with Crippen LogP contribution in [0, 0.1) is 6.92 Å². The molecule has 0 spiro atoms. The molecule has 1 aromatic heterocycles. The number of fused-ring (bicyclic) bond motifs is 1. The number of nitrogens with zero attached hydrogens (tertiary/aromatic N) is 2. The Balaban J connectivity index is 1.59. The second kappa shape index (κ2) is 5.64. The van der Waals surface area contributed by atoms with Crippen LogP contribution in [0.2, 0.25) is 5.15 Å². The van der Waals surface area contributed by atoms with E-state index in [0.29, 0.717) is 24.2 Å². The summed E-state index contributed by atoms with van der Waals surface area (Å²) in [6, 6.07) is 7.44. The summed E-state index contributed by atoms with van der Waals surface area (Å²) in [4.78, 5) is 8.37. The third-order valence-corrected chi connectivity index (χ3v) is 3.00. The Morgan fingerprint density at radius 2 is 2.00 bits per heavy atom. The number of hydrogen-bond acceptors (Lipinski definition) is 5. The molecule has 2 heterocycles. The molecule has 20 heavy (non-hydrogen) atoms. The van der Waals surface area contributed by atoms with Gasteiger partial charge < -0.3 is 14.2 Å². The van der Waals surface area contributed by atoms with Crippen molar-refractivity contribution in [1.29, 1.82) is 0 Å². The molecular formula is C14H13ClN2O3. The molecule has 0 radical (unpaired) electrons. The molecule has 1 aromatic carbocycles. The molecule has 0 N–H and O–H groups in total. The van der Waals surface area contributed by atoms with Crippen molar-refractivity contribution in [2.75, 3.05) is 6.79 Å². The molecule has 0 aliphatic carbocycles. The van der Waals surface area contributed by atoms with E-state index in [4.69, 9.17) is 25.8 Å². The van der Waals surface area contributed by atoms with Crippen LogP contribution >= 0.6 is 11.6 Å². The highest BCUT2D eigenvalue weighted by molar-refractivity contribution is 6.29. The quantitative estimate of drug-likeness (QED) is 0.811. The Hall–Kier alpha value is -1.85. The van der Waals surface area contributed by atoms with Crippen LogP contribution in [-0.4, -0.2) is 16.8 Å². The number of aromatic nitrogens is 2. The van der Waals surface area contributed by atoms with Gasteiger partial charge in [0.25, 0.3) is 0 Å². The van der Waals surface area contributed by atoms with Crippen molar-refractivity contribution in [3.63, 3.8) is 0 Å². The average molecular weight is 293 g/mol. The maximum atomic E-state index is 5.87. The lowest BCUT2D eigenvalue weighted by Crippen LogP contribution is -2.01. The molecule has 1 aliphatic heterocycles. The monoisotopic (exact) mass is 292 g/mol. The van der Waals surface area contributed by atoms with E-state index in [1.807, 2.05) is 25.1 Å². The van der Waals surface area contributed by atoms with Gasteiger partial charge in [0.05, 0.1) is 6.61 Å². The van der Waals surface area contributed by atoms with Gasteiger partial charge in [-0.3, -0.25) is 0 Å². The van der Waals surface area contributed by atoms with E-state index >= 15 is 0 Å². The first kappa shape index (κ1) is 13.1. The van der Waals surface area contributed by atoms with Gasteiger partial charge in [-0.05, 0) is 30.7 Å². The highest BCUT2D eigenvalue weighted by Crippen LogP contribution is 2.32. The predicted octanol–water partition coefficient (Wildman–Crippen LogP) is 2.88. The van der Waals surface area contributed by atoms with Gasteiger partial charge in [0.1, 0.15) is 11.8 Å².